The summed E-state index contributed by atoms with van der Waals surface area (Å²) in [7, 11) is 0. The van der Waals surface area contributed by atoms with Gasteiger partial charge in [-0.1, -0.05) is 19.8 Å². The maximum atomic E-state index is 12.6. The molecule has 0 amide bonds. The number of carbonyl (C=O) groups is 2. The Labute approximate surface area is 149 Å². The molecule has 0 radical (unpaired) electrons. The molecule has 2 aromatic heterocycles. The molecule has 0 saturated carbocycles. The lowest BCUT2D eigenvalue weighted by Gasteiger charge is -2.16. The number of rotatable bonds is 7. The van der Waals surface area contributed by atoms with Crippen molar-refractivity contribution in [1.29, 1.82) is 0 Å². The van der Waals surface area contributed by atoms with Gasteiger partial charge < -0.3 is 9.47 Å². The molecule has 24 heavy (non-hydrogen) atoms. The van der Waals surface area contributed by atoms with Gasteiger partial charge in [0.25, 0.3) is 0 Å². The second kappa shape index (κ2) is 7.49. The van der Waals surface area contributed by atoms with Gasteiger partial charge in [0, 0.05) is 11.3 Å². The molecular formula is C18H20O4S2. The minimum absolute atomic E-state index is 0.0460. The molecule has 4 nitrogen and oxygen atoms in total. The number of hydrogen-bond acceptors (Lipinski definition) is 6. The fourth-order valence-electron chi connectivity index (χ4n) is 2.59. The zero-order valence-corrected chi connectivity index (χ0v) is 15.5. The lowest BCUT2D eigenvalue weighted by Crippen LogP contribution is -2.16. The third-order valence-corrected chi connectivity index (χ3v) is 6.40. The van der Waals surface area contributed by atoms with Crippen molar-refractivity contribution in [2.75, 3.05) is 13.2 Å². The van der Waals surface area contributed by atoms with Crippen LogP contribution in [0.15, 0.2) is 12.1 Å². The fourth-order valence-corrected chi connectivity index (χ4v) is 4.76. The molecule has 3 rings (SSSR count). The van der Waals surface area contributed by atoms with E-state index < -0.39 is 0 Å². The molecule has 1 aliphatic rings. The number of fused-ring (bicyclic) bond motifs is 1. The average Bonchev–Trinajstić information content (AvgIpc) is 3.19. The summed E-state index contributed by atoms with van der Waals surface area (Å²) >= 11 is 2.85. The van der Waals surface area contributed by atoms with Crippen molar-refractivity contribution >= 4 is 34.2 Å². The Kier molecular flexibility index (Phi) is 5.36. The van der Waals surface area contributed by atoms with Crippen LogP contribution in [0.2, 0.25) is 0 Å². The second-order valence-corrected chi connectivity index (χ2v) is 7.82. The van der Waals surface area contributed by atoms with Crippen LogP contribution in [-0.2, 0) is 0 Å². The van der Waals surface area contributed by atoms with E-state index in [1.54, 1.807) is 6.92 Å². The van der Waals surface area contributed by atoms with Crippen molar-refractivity contribution in [3.63, 3.8) is 0 Å². The predicted molar refractivity (Wildman–Crippen MR) is 97.1 cm³/mol. The van der Waals surface area contributed by atoms with E-state index in [1.165, 1.54) is 22.7 Å². The summed E-state index contributed by atoms with van der Waals surface area (Å²) in [4.78, 5) is 27.3. The summed E-state index contributed by atoms with van der Waals surface area (Å²) in [6, 6.07) is 3.73. The molecule has 128 valence electrons. The maximum absolute atomic E-state index is 12.6. The van der Waals surface area contributed by atoms with E-state index in [-0.39, 0.29) is 11.6 Å². The molecule has 1 aliphatic heterocycles. The molecule has 2 aromatic rings. The van der Waals surface area contributed by atoms with Crippen molar-refractivity contribution in [3.8, 4) is 21.3 Å². The zero-order valence-electron chi connectivity index (χ0n) is 13.8. The van der Waals surface area contributed by atoms with E-state index in [4.69, 9.17) is 9.47 Å². The summed E-state index contributed by atoms with van der Waals surface area (Å²) in [6.07, 6.45) is 3.57. The number of hydrogen-bond donors (Lipinski definition) is 0. The first kappa shape index (κ1) is 17.2. The van der Waals surface area contributed by atoms with E-state index in [1.807, 2.05) is 12.1 Å². The molecule has 0 bridgehead atoms. The Morgan fingerprint density at radius 2 is 1.83 bits per heavy atom. The number of thiophene rings is 2. The second-order valence-electron chi connectivity index (χ2n) is 5.72. The van der Waals surface area contributed by atoms with Crippen LogP contribution < -0.4 is 9.47 Å². The first-order chi connectivity index (χ1) is 11.6. The van der Waals surface area contributed by atoms with Gasteiger partial charge in [0.05, 0.1) is 9.75 Å². The quantitative estimate of drug-likeness (QED) is 0.500. The van der Waals surface area contributed by atoms with Gasteiger partial charge in [0.2, 0.25) is 0 Å². The molecule has 6 heteroatoms. The third kappa shape index (κ3) is 3.39. The smallest absolute Gasteiger partial charge is 0.183 e. The predicted octanol–water partition coefficient (Wildman–Crippen LogP) is 5.21. The number of Topliss-reactive ketones (excluding diaryl/α,β-unsaturated/α-hetero) is 2. The minimum atomic E-state index is 0.0460. The molecule has 0 unspecified atom stereocenters. The standard InChI is InChI=1S/C18H20O4S2/c1-3-4-5-6-12(20)17-15-16(22-10-9-21-15)18(24-17)14-8-7-13(23-14)11(2)19/h7-8H,3-6,9-10H2,1-2H3. The van der Waals surface area contributed by atoms with Crippen molar-refractivity contribution in [3.05, 3.63) is 21.9 Å². The van der Waals surface area contributed by atoms with Crippen LogP contribution in [0.3, 0.4) is 0 Å². The van der Waals surface area contributed by atoms with Gasteiger partial charge in [-0.05, 0) is 25.5 Å². The Morgan fingerprint density at radius 1 is 1.08 bits per heavy atom. The first-order valence-corrected chi connectivity index (χ1v) is 9.81. The molecule has 0 fully saturated rings. The normalized spacial score (nSPS) is 13.1. The van der Waals surface area contributed by atoms with Gasteiger partial charge in [-0.25, -0.2) is 0 Å². The molecule has 0 atom stereocenters. The van der Waals surface area contributed by atoms with Crippen molar-refractivity contribution in [1.82, 2.24) is 0 Å². The number of ketones is 2. The third-order valence-electron chi connectivity index (χ3n) is 3.84. The summed E-state index contributed by atoms with van der Waals surface area (Å²) in [5.41, 5.74) is 0. The van der Waals surface area contributed by atoms with E-state index >= 15 is 0 Å². The van der Waals surface area contributed by atoms with Gasteiger partial charge >= 0.3 is 0 Å². The Hall–Kier alpha value is -1.66. The monoisotopic (exact) mass is 364 g/mol. The van der Waals surface area contributed by atoms with Crippen LogP contribution in [0.4, 0.5) is 0 Å². The molecule has 3 heterocycles. The molecule has 0 aromatic carbocycles. The summed E-state index contributed by atoms with van der Waals surface area (Å²) < 4.78 is 11.5. The Balaban J connectivity index is 1.95. The highest BCUT2D eigenvalue weighted by Crippen LogP contribution is 2.51. The molecule has 0 saturated heterocycles. The van der Waals surface area contributed by atoms with Gasteiger partial charge in [-0.3, -0.25) is 9.59 Å². The van der Waals surface area contributed by atoms with E-state index in [9.17, 15) is 9.59 Å². The first-order valence-electron chi connectivity index (χ1n) is 8.18. The SMILES string of the molecule is CCCCCC(=O)c1sc(-c2ccc(C(C)=O)s2)c2c1OCCO2. The van der Waals surface area contributed by atoms with Crippen LogP contribution in [0, 0.1) is 0 Å². The minimum Gasteiger partial charge on any atom is -0.485 e. The van der Waals surface area contributed by atoms with E-state index in [2.05, 4.69) is 6.92 Å². The number of ether oxygens (including phenoxy) is 2. The molecular weight excluding hydrogens is 344 g/mol. The number of carbonyl (C=O) groups excluding carboxylic acids is 2. The van der Waals surface area contributed by atoms with Crippen LogP contribution in [0.25, 0.3) is 9.75 Å². The number of unbranched alkanes of at least 4 members (excludes halogenated alkanes) is 2. The summed E-state index contributed by atoms with van der Waals surface area (Å²) in [6.45, 7) is 4.62. The zero-order chi connectivity index (χ0) is 17.1. The van der Waals surface area contributed by atoms with Crippen molar-refractivity contribution in [2.45, 2.75) is 39.5 Å². The van der Waals surface area contributed by atoms with Gasteiger partial charge in [0.15, 0.2) is 23.1 Å². The van der Waals surface area contributed by atoms with Crippen molar-refractivity contribution < 1.29 is 19.1 Å². The van der Waals surface area contributed by atoms with Gasteiger partial charge in [0.1, 0.15) is 18.1 Å². The fraction of sp³-hybridized carbons (Fsp3) is 0.444. The van der Waals surface area contributed by atoms with Crippen LogP contribution >= 0.6 is 22.7 Å². The van der Waals surface area contributed by atoms with Crippen molar-refractivity contribution in [2.24, 2.45) is 0 Å². The molecule has 0 N–H and O–H groups in total. The topological polar surface area (TPSA) is 52.6 Å². The summed E-state index contributed by atoms with van der Waals surface area (Å²) in [5, 5.41) is 0. The highest BCUT2D eigenvalue weighted by molar-refractivity contribution is 7.24. The van der Waals surface area contributed by atoms with Crippen LogP contribution in [0.5, 0.6) is 11.5 Å². The lowest BCUT2D eigenvalue weighted by molar-refractivity contribution is 0.0972. The molecule has 0 aliphatic carbocycles. The Bertz CT molecular complexity index is 757. The Morgan fingerprint density at radius 3 is 2.50 bits per heavy atom. The largest absolute Gasteiger partial charge is 0.485 e. The average molecular weight is 364 g/mol. The van der Waals surface area contributed by atoms with Gasteiger partial charge in [-0.15, -0.1) is 22.7 Å². The van der Waals surface area contributed by atoms with E-state index in [0.717, 1.165) is 29.0 Å². The van der Waals surface area contributed by atoms with E-state index in [0.29, 0.717) is 40.9 Å². The van der Waals surface area contributed by atoms with Crippen LogP contribution in [0.1, 0.15) is 58.9 Å². The highest BCUT2D eigenvalue weighted by atomic mass is 32.1. The molecule has 0 spiro atoms. The van der Waals surface area contributed by atoms with Crippen LogP contribution in [-0.4, -0.2) is 24.8 Å². The maximum Gasteiger partial charge on any atom is 0.183 e. The van der Waals surface area contributed by atoms with Gasteiger partial charge in [-0.2, -0.15) is 0 Å². The summed E-state index contributed by atoms with van der Waals surface area (Å²) in [5.74, 6) is 1.40. The lowest BCUT2D eigenvalue weighted by atomic mass is 10.1. The highest BCUT2D eigenvalue weighted by Gasteiger charge is 2.29.